The summed E-state index contributed by atoms with van der Waals surface area (Å²) in [4.78, 5) is 15.4. The van der Waals surface area contributed by atoms with Gasteiger partial charge in [0.25, 0.3) is 5.91 Å². The molecule has 2 heterocycles. The first kappa shape index (κ1) is 22.3. The maximum atomic E-state index is 13.7. The third kappa shape index (κ3) is 4.21. The Kier molecular flexibility index (Phi) is 5.91. The molecule has 0 bridgehead atoms. The second-order valence-corrected chi connectivity index (χ2v) is 9.10. The van der Waals surface area contributed by atoms with E-state index in [0.29, 0.717) is 32.7 Å². The van der Waals surface area contributed by atoms with Crippen molar-refractivity contribution in [2.45, 2.75) is 13.8 Å². The van der Waals surface area contributed by atoms with E-state index in [0.717, 1.165) is 28.1 Å². The zero-order chi connectivity index (χ0) is 23.8. The minimum Gasteiger partial charge on any atom is -0.457 e. The number of furan rings is 1. The van der Waals surface area contributed by atoms with Gasteiger partial charge >= 0.3 is 0 Å². The maximum absolute atomic E-state index is 13.7. The van der Waals surface area contributed by atoms with Crippen LogP contribution in [0.4, 0.5) is 5.69 Å². The topological polar surface area (TPSA) is 33.5 Å². The van der Waals surface area contributed by atoms with E-state index < -0.39 is 0 Å². The molecule has 1 aromatic heterocycles. The lowest BCUT2D eigenvalue weighted by Gasteiger charge is -2.23. The quantitative estimate of drug-likeness (QED) is 0.272. The van der Waals surface area contributed by atoms with Crippen molar-refractivity contribution in [2.24, 2.45) is 0 Å². The number of benzene rings is 3. The van der Waals surface area contributed by atoms with Crippen LogP contribution in [0.25, 0.3) is 23.1 Å². The molecular weight excluding hydrogens is 465 g/mol. The molecule has 34 heavy (non-hydrogen) atoms. The van der Waals surface area contributed by atoms with E-state index in [-0.39, 0.29) is 5.91 Å². The molecule has 0 saturated carbocycles. The lowest BCUT2D eigenvalue weighted by atomic mass is 10.1. The van der Waals surface area contributed by atoms with Crippen LogP contribution in [0.2, 0.25) is 10.0 Å². The summed E-state index contributed by atoms with van der Waals surface area (Å²) in [6.07, 6.45) is 3.67. The number of nitrogens with zero attached hydrogens (tertiary/aromatic N) is 1. The standard InChI is InChI=1S/C29H21Cl2NO2/c1-18-8-9-19(2)26(14-18)32-27(20-6-4-3-5-7-20)16-21(29(32)33)15-23-11-13-28(34-23)24-17-22(30)10-12-25(24)31/h3-17H,1-2H3/b21-15+. The van der Waals surface area contributed by atoms with E-state index in [1.165, 1.54) is 0 Å². The predicted molar refractivity (Wildman–Crippen MR) is 140 cm³/mol. The molecule has 1 aliphatic rings. The largest absolute Gasteiger partial charge is 0.457 e. The fourth-order valence-corrected chi connectivity index (χ4v) is 4.43. The highest BCUT2D eigenvalue weighted by molar-refractivity contribution is 6.35. The summed E-state index contributed by atoms with van der Waals surface area (Å²) in [6.45, 7) is 4.04. The summed E-state index contributed by atoms with van der Waals surface area (Å²) < 4.78 is 6.02. The van der Waals surface area contributed by atoms with Crippen molar-refractivity contribution in [1.29, 1.82) is 0 Å². The van der Waals surface area contributed by atoms with Crippen LogP contribution < -0.4 is 4.90 Å². The summed E-state index contributed by atoms with van der Waals surface area (Å²) in [6, 6.07) is 24.9. The van der Waals surface area contributed by atoms with Crippen LogP contribution in [0.1, 0.15) is 22.5 Å². The SMILES string of the molecule is Cc1ccc(C)c(N2C(=O)/C(=C/c3ccc(-c4cc(Cl)ccc4Cl)o3)C=C2c2ccccc2)c1. The summed E-state index contributed by atoms with van der Waals surface area (Å²) in [5.74, 6) is 1.04. The Morgan fingerprint density at radius 2 is 1.68 bits per heavy atom. The Morgan fingerprint density at radius 1 is 0.882 bits per heavy atom. The number of hydrogen-bond donors (Lipinski definition) is 0. The van der Waals surface area contributed by atoms with Gasteiger partial charge in [-0.3, -0.25) is 9.69 Å². The Balaban J connectivity index is 1.58. The summed E-state index contributed by atoms with van der Waals surface area (Å²) in [5.41, 5.74) is 6.02. The lowest BCUT2D eigenvalue weighted by Crippen LogP contribution is -2.25. The van der Waals surface area contributed by atoms with E-state index in [9.17, 15) is 4.79 Å². The molecule has 3 nitrogen and oxygen atoms in total. The van der Waals surface area contributed by atoms with Crippen LogP contribution in [-0.2, 0) is 4.79 Å². The lowest BCUT2D eigenvalue weighted by molar-refractivity contribution is -0.113. The van der Waals surface area contributed by atoms with Crippen LogP contribution >= 0.6 is 23.2 Å². The zero-order valence-corrected chi connectivity index (χ0v) is 20.2. The predicted octanol–water partition coefficient (Wildman–Crippen LogP) is 8.34. The molecule has 0 fully saturated rings. The second kappa shape index (κ2) is 9.02. The number of aryl methyl sites for hydroxylation is 2. The van der Waals surface area contributed by atoms with Crippen molar-refractivity contribution in [3.63, 3.8) is 0 Å². The average Bonchev–Trinajstić information content (AvgIpc) is 3.42. The Hall–Kier alpha value is -3.53. The fraction of sp³-hybridized carbons (Fsp3) is 0.0690. The normalized spacial score (nSPS) is 14.7. The van der Waals surface area contributed by atoms with Gasteiger partial charge in [0.15, 0.2) is 0 Å². The molecule has 5 rings (SSSR count). The minimum atomic E-state index is -0.105. The van der Waals surface area contributed by atoms with Gasteiger partial charge in [-0.2, -0.15) is 0 Å². The molecule has 0 unspecified atom stereocenters. The molecular formula is C29H21Cl2NO2. The molecule has 0 N–H and O–H groups in total. The molecule has 1 aliphatic heterocycles. The summed E-state index contributed by atoms with van der Waals surface area (Å²) in [5, 5.41) is 1.11. The van der Waals surface area contributed by atoms with Crippen molar-refractivity contribution in [3.05, 3.63) is 123 Å². The molecule has 3 aromatic carbocycles. The van der Waals surface area contributed by atoms with Gasteiger partial charge < -0.3 is 4.42 Å². The van der Waals surface area contributed by atoms with Crippen LogP contribution in [0.3, 0.4) is 0 Å². The van der Waals surface area contributed by atoms with E-state index >= 15 is 0 Å². The van der Waals surface area contributed by atoms with E-state index in [1.54, 1.807) is 29.2 Å². The van der Waals surface area contributed by atoms with Crippen molar-refractivity contribution in [2.75, 3.05) is 4.90 Å². The van der Waals surface area contributed by atoms with E-state index in [4.69, 9.17) is 27.6 Å². The first-order valence-electron chi connectivity index (χ1n) is 10.9. The monoisotopic (exact) mass is 485 g/mol. The van der Waals surface area contributed by atoms with Crippen molar-refractivity contribution >= 4 is 46.6 Å². The number of halogens is 2. The second-order valence-electron chi connectivity index (χ2n) is 8.25. The van der Waals surface area contributed by atoms with E-state index in [2.05, 4.69) is 0 Å². The van der Waals surface area contributed by atoms with Gasteiger partial charge in [-0.25, -0.2) is 0 Å². The third-order valence-electron chi connectivity index (χ3n) is 5.78. The third-order valence-corrected chi connectivity index (χ3v) is 6.34. The number of anilines is 1. The molecule has 5 heteroatoms. The van der Waals surface area contributed by atoms with Gasteiger partial charge in [0.1, 0.15) is 11.5 Å². The molecule has 0 spiro atoms. The summed E-state index contributed by atoms with van der Waals surface area (Å²) >= 11 is 12.5. The summed E-state index contributed by atoms with van der Waals surface area (Å²) in [7, 11) is 0. The molecule has 168 valence electrons. The van der Waals surface area contributed by atoms with E-state index in [1.807, 2.05) is 80.6 Å². The van der Waals surface area contributed by atoms with Gasteiger partial charge in [-0.05, 0) is 79.1 Å². The zero-order valence-electron chi connectivity index (χ0n) is 18.7. The smallest absolute Gasteiger partial charge is 0.263 e. The molecule has 0 radical (unpaired) electrons. The molecule has 4 aromatic rings. The average molecular weight is 486 g/mol. The van der Waals surface area contributed by atoms with Crippen molar-refractivity contribution < 1.29 is 9.21 Å². The highest BCUT2D eigenvalue weighted by Crippen LogP contribution is 2.38. The van der Waals surface area contributed by atoms with Gasteiger partial charge in [0.05, 0.1) is 16.4 Å². The van der Waals surface area contributed by atoms with Gasteiger partial charge in [-0.1, -0.05) is 65.7 Å². The highest BCUT2D eigenvalue weighted by atomic mass is 35.5. The van der Waals surface area contributed by atoms with Gasteiger partial charge in [0, 0.05) is 16.2 Å². The maximum Gasteiger partial charge on any atom is 0.263 e. The minimum absolute atomic E-state index is 0.105. The molecule has 0 aliphatic carbocycles. The molecule has 0 atom stereocenters. The number of carbonyl (C=O) groups is 1. The number of carbonyl (C=O) groups excluding carboxylic acids is 1. The van der Waals surface area contributed by atoms with Crippen LogP contribution in [-0.4, -0.2) is 5.91 Å². The van der Waals surface area contributed by atoms with Crippen molar-refractivity contribution in [3.8, 4) is 11.3 Å². The first-order valence-corrected chi connectivity index (χ1v) is 11.6. The van der Waals surface area contributed by atoms with Gasteiger partial charge in [0.2, 0.25) is 0 Å². The number of amides is 1. The molecule has 1 amide bonds. The van der Waals surface area contributed by atoms with Crippen molar-refractivity contribution in [1.82, 2.24) is 0 Å². The molecule has 0 saturated heterocycles. The Labute approximate surface area is 208 Å². The Bertz CT molecular complexity index is 1460. The highest BCUT2D eigenvalue weighted by Gasteiger charge is 2.31. The Morgan fingerprint density at radius 3 is 2.47 bits per heavy atom. The first-order chi connectivity index (χ1) is 16.4. The van der Waals surface area contributed by atoms with Crippen LogP contribution in [0, 0.1) is 13.8 Å². The number of hydrogen-bond acceptors (Lipinski definition) is 2. The number of rotatable bonds is 4. The van der Waals surface area contributed by atoms with Gasteiger partial charge in [-0.15, -0.1) is 0 Å². The van der Waals surface area contributed by atoms with Crippen LogP contribution in [0.15, 0.2) is 94.9 Å². The fourth-order valence-electron chi connectivity index (χ4n) is 4.05. The van der Waals surface area contributed by atoms with Crippen LogP contribution in [0.5, 0.6) is 0 Å².